The lowest BCUT2D eigenvalue weighted by atomic mass is 9.82. The Hall–Kier alpha value is -1.19. The van der Waals surface area contributed by atoms with Crippen LogP contribution < -0.4 is 5.73 Å². The molecule has 0 aromatic carbocycles. The predicted molar refractivity (Wildman–Crippen MR) is 60.3 cm³/mol. The highest BCUT2D eigenvalue weighted by atomic mass is 16.3. The molecule has 1 aliphatic rings. The van der Waals surface area contributed by atoms with Gasteiger partial charge in [-0.25, -0.2) is 0 Å². The van der Waals surface area contributed by atoms with Crippen molar-refractivity contribution in [2.24, 2.45) is 5.73 Å². The zero-order valence-corrected chi connectivity index (χ0v) is 9.26. The SMILES string of the molecule is C=C1C(C)=C(CN)C(=O)C(CC)=C1CO. The fourth-order valence-electron chi connectivity index (χ4n) is 1.89. The average Bonchev–Trinajstić information content (AvgIpc) is 2.23. The number of hydrogen-bond acceptors (Lipinski definition) is 3. The highest BCUT2D eigenvalue weighted by Gasteiger charge is 2.26. The van der Waals surface area contributed by atoms with Crippen molar-refractivity contribution < 1.29 is 9.90 Å². The van der Waals surface area contributed by atoms with E-state index in [-0.39, 0.29) is 18.9 Å². The van der Waals surface area contributed by atoms with Crippen LogP contribution >= 0.6 is 0 Å². The molecule has 1 rings (SSSR count). The maximum Gasteiger partial charge on any atom is 0.186 e. The lowest BCUT2D eigenvalue weighted by Crippen LogP contribution is -2.23. The van der Waals surface area contributed by atoms with Gasteiger partial charge in [0.1, 0.15) is 0 Å². The van der Waals surface area contributed by atoms with Crippen molar-refractivity contribution in [2.75, 3.05) is 13.2 Å². The summed E-state index contributed by atoms with van der Waals surface area (Å²) in [6.45, 7) is 7.70. The van der Waals surface area contributed by atoms with Crippen LogP contribution in [0.15, 0.2) is 34.4 Å². The predicted octanol–water partition coefficient (Wildman–Crippen LogP) is 1.10. The number of aliphatic hydroxyl groups excluding tert-OH is 1. The van der Waals surface area contributed by atoms with E-state index < -0.39 is 0 Å². The largest absolute Gasteiger partial charge is 0.392 e. The average molecular weight is 207 g/mol. The van der Waals surface area contributed by atoms with E-state index in [1.54, 1.807) is 0 Å². The van der Waals surface area contributed by atoms with E-state index in [4.69, 9.17) is 5.73 Å². The first-order chi connectivity index (χ1) is 7.08. The van der Waals surface area contributed by atoms with Gasteiger partial charge in [0.2, 0.25) is 0 Å². The Kier molecular flexibility index (Phi) is 3.61. The molecule has 0 spiro atoms. The number of nitrogens with two attached hydrogens (primary N) is 1. The van der Waals surface area contributed by atoms with E-state index in [0.717, 1.165) is 11.1 Å². The summed E-state index contributed by atoms with van der Waals surface area (Å²) in [4.78, 5) is 12.0. The molecule has 0 aromatic rings. The van der Waals surface area contributed by atoms with Crippen molar-refractivity contribution in [3.05, 3.63) is 34.4 Å². The summed E-state index contributed by atoms with van der Waals surface area (Å²) in [5.41, 5.74) is 9.03. The number of rotatable bonds is 3. The third-order valence-electron chi connectivity index (χ3n) is 2.90. The molecule has 0 saturated heterocycles. The van der Waals surface area contributed by atoms with Crippen molar-refractivity contribution in [3.8, 4) is 0 Å². The maximum atomic E-state index is 12.0. The molecule has 0 bridgehead atoms. The maximum absolute atomic E-state index is 12.0. The summed E-state index contributed by atoms with van der Waals surface area (Å²) in [5, 5.41) is 9.23. The molecule has 1 aliphatic carbocycles. The molecule has 15 heavy (non-hydrogen) atoms. The molecule has 0 fully saturated rings. The summed E-state index contributed by atoms with van der Waals surface area (Å²) >= 11 is 0. The molecule has 3 heteroatoms. The third-order valence-corrected chi connectivity index (χ3v) is 2.90. The second-order valence-corrected chi connectivity index (χ2v) is 3.58. The van der Waals surface area contributed by atoms with E-state index in [2.05, 4.69) is 6.58 Å². The van der Waals surface area contributed by atoms with E-state index >= 15 is 0 Å². The molecule has 0 saturated carbocycles. The van der Waals surface area contributed by atoms with Crippen LogP contribution in [-0.4, -0.2) is 24.0 Å². The second kappa shape index (κ2) is 4.55. The van der Waals surface area contributed by atoms with Crippen LogP contribution in [0, 0.1) is 0 Å². The van der Waals surface area contributed by atoms with Crippen LogP contribution in [0.25, 0.3) is 0 Å². The van der Waals surface area contributed by atoms with Crippen LogP contribution in [0.4, 0.5) is 0 Å². The van der Waals surface area contributed by atoms with Gasteiger partial charge in [-0.1, -0.05) is 13.5 Å². The molecular formula is C12H17NO2. The van der Waals surface area contributed by atoms with Gasteiger partial charge in [-0.05, 0) is 30.1 Å². The Morgan fingerprint density at radius 1 is 1.33 bits per heavy atom. The molecule has 3 N–H and O–H groups in total. The minimum Gasteiger partial charge on any atom is -0.392 e. The zero-order chi connectivity index (χ0) is 11.6. The lowest BCUT2D eigenvalue weighted by Gasteiger charge is -2.23. The fraction of sp³-hybridized carbons (Fsp3) is 0.417. The van der Waals surface area contributed by atoms with Gasteiger partial charge < -0.3 is 10.8 Å². The first kappa shape index (κ1) is 11.9. The Balaban J connectivity index is 3.31. The van der Waals surface area contributed by atoms with Crippen molar-refractivity contribution in [3.63, 3.8) is 0 Å². The summed E-state index contributed by atoms with van der Waals surface area (Å²) in [5.74, 6) is -0.0334. The topological polar surface area (TPSA) is 63.3 Å². The van der Waals surface area contributed by atoms with Gasteiger partial charge in [-0.3, -0.25) is 4.79 Å². The molecule has 3 nitrogen and oxygen atoms in total. The smallest absolute Gasteiger partial charge is 0.186 e. The van der Waals surface area contributed by atoms with Gasteiger partial charge >= 0.3 is 0 Å². The zero-order valence-electron chi connectivity index (χ0n) is 9.26. The Bertz CT molecular complexity index is 375. The van der Waals surface area contributed by atoms with Crippen LogP contribution in [0.5, 0.6) is 0 Å². The Morgan fingerprint density at radius 3 is 2.33 bits per heavy atom. The number of carbonyl (C=O) groups is 1. The van der Waals surface area contributed by atoms with Gasteiger partial charge in [-0.15, -0.1) is 0 Å². The van der Waals surface area contributed by atoms with Gasteiger partial charge in [0.15, 0.2) is 5.78 Å². The summed E-state index contributed by atoms with van der Waals surface area (Å²) in [7, 11) is 0. The van der Waals surface area contributed by atoms with Crippen LogP contribution in [0.1, 0.15) is 20.3 Å². The molecule has 0 amide bonds. The fourth-order valence-corrected chi connectivity index (χ4v) is 1.89. The van der Waals surface area contributed by atoms with Gasteiger partial charge in [0.05, 0.1) is 6.61 Å². The van der Waals surface area contributed by atoms with Gasteiger partial charge in [-0.2, -0.15) is 0 Å². The Morgan fingerprint density at radius 2 is 1.93 bits per heavy atom. The lowest BCUT2D eigenvalue weighted by molar-refractivity contribution is -0.112. The van der Waals surface area contributed by atoms with E-state index in [1.807, 2.05) is 13.8 Å². The molecule has 0 radical (unpaired) electrons. The first-order valence-electron chi connectivity index (χ1n) is 5.05. The van der Waals surface area contributed by atoms with Crippen molar-refractivity contribution in [1.29, 1.82) is 0 Å². The third kappa shape index (κ3) is 1.80. The number of allylic oxidation sites excluding steroid dienone is 2. The summed E-state index contributed by atoms with van der Waals surface area (Å²) in [6.07, 6.45) is 0.602. The van der Waals surface area contributed by atoms with E-state index in [9.17, 15) is 9.90 Å². The van der Waals surface area contributed by atoms with Crippen molar-refractivity contribution in [2.45, 2.75) is 20.3 Å². The normalized spacial score (nSPS) is 17.9. The molecule has 0 aromatic heterocycles. The molecule has 82 valence electrons. The van der Waals surface area contributed by atoms with E-state index in [0.29, 0.717) is 23.1 Å². The first-order valence-corrected chi connectivity index (χ1v) is 5.05. The number of ketones is 1. The number of hydrogen-bond donors (Lipinski definition) is 2. The number of carbonyl (C=O) groups excluding carboxylic acids is 1. The Labute approximate surface area is 90.0 Å². The highest BCUT2D eigenvalue weighted by Crippen LogP contribution is 2.31. The minimum atomic E-state index is -0.136. The van der Waals surface area contributed by atoms with Gasteiger partial charge in [0.25, 0.3) is 0 Å². The minimum absolute atomic E-state index is 0.0334. The molecule has 0 atom stereocenters. The molecule has 0 aliphatic heterocycles. The van der Waals surface area contributed by atoms with Crippen molar-refractivity contribution in [1.82, 2.24) is 0 Å². The van der Waals surface area contributed by atoms with Crippen LogP contribution in [-0.2, 0) is 4.79 Å². The van der Waals surface area contributed by atoms with E-state index in [1.165, 1.54) is 0 Å². The quantitative estimate of drug-likeness (QED) is 0.728. The highest BCUT2D eigenvalue weighted by molar-refractivity contribution is 6.12. The number of Topliss-reactive ketones (excluding diaryl/α,β-unsaturated/α-hetero) is 1. The number of aliphatic hydroxyl groups is 1. The van der Waals surface area contributed by atoms with Crippen LogP contribution in [0.2, 0.25) is 0 Å². The van der Waals surface area contributed by atoms with Gasteiger partial charge in [0, 0.05) is 17.7 Å². The summed E-state index contributed by atoms with van der Waals surface area (Å²) < 4.78 is 0. The molecule has 0 unspecified atom stereocenters. The monoisotopic (exact) mass is 207 g/mol. The van der Waals surface area contributed by atoms with Crippen LogP contribution in [0.3, 0.4) is 0 Å². The molecular weight excluding hydrogens is 190 g/mol. The summed E-state index contributed by atoms with van der Waals surface area (Å²) in [6, 6.07) is 0. The second-order valence-electron chi connectivity index (χ2n) is 3.58. The standard InChI is InChI=1S/C12H17NO2/c1-4-9-11(6-14)8(3)7(2)10(5-13)12(9)15/h14H,3-6,13H2,1-2H3. The van der Waals surface area contributed by atoms with Crippen molar-refractivity contribution >= 4 is 5.78 Å². The molecule has 0 heterocycles.